The number of ether oxygens (including phenoxy) is 2. The monoisotopic (exact) mass is 420 g/mol. The Morgan fingerprint density at radius 3 is 2.65 bits per heavy atom. The van der Waals surface area contributed by atoms with Gasteiger partial charge in [-0.1, -0.05) is 37.5 Å². The van der Waals surface area contributed by atoms with E-state index in [0.29, 0.717) is 42.7 Å². The van der Waals surface area contributed by atoms with Gasteiger partial charge in [0.2, 0.25) is 0 Å². The largest absolute Gasteiger partial charge is 0.486 e. The van der Waals surface area contributed by atoms with Crippen molar-refractivity contribution in [3.05, 3.63) is 58.7 Å². The maximum Gasteiger partial charge on any atom is 0.255 e. The Hall–Kier alpha value is -3.02. The van der Waals surface area contributed by atoms with Gasteiger partial charge in [-0.2, -0.15) is 0 Å². The molecule has 1 aliphatic carbocycles. The van der Waals surface area contributed by atoms with Gasteiger partial charge in [0.05, 0.1) is 17.2 Å². The predicted molar refractivity (Wildman–Crippen MR) is 117 cm³/mol. The molecule has 0 bridgehead atoms. The van der Waals surface area contributed by atoms with Crippen LogP contribution in [0.1, 0.15) is 76.9 Å². The normalized spacial score (nSPS) is 19.1. The summed E-state index contributed by atoms with van der Waals surface area (Å²) in [6, 6.07) is 11.4. The number of benzene rings is 2. The Balaban J connectivity index is 1.34. The first-order valence-corrected chi connectivity index (χ1v) is 11.2. The molecule has 1 saturated carbocycles. The highest BCUT2D eigenvalue weighted by Crippen LogP contribution is 2.34. The summed E-state index contributed by atoms with van der Waals surface area (Å²) in [6.07, 6.45) is 5.71. The lowest BCUT2D eigenvalue weighted by Crippen LogP contribution is -2.37. The van der Waals surface area contributed by atoms with Gasteiger partial charge in [0, 0.05) is 12.6 Å². The van der Waals surface area contributed by atoms with Crippen molar-refractivity contribution >= 4 is 11.8 Å². The maximum absolute atomic E-state index is 13.3. The minimum Gasteiger partial charge on any atom is -0.486 e. The van der Waals surface area contributed by atoms with Crippen molar-refractivity contribution in [2.75, 3.05) is 13.2 Å². The Morgan fingerprint density at radius 2 is 1.84 bits per heavy atom. The molecule has 1 atom stereocenters. The molecule has 6 nitrogen and oxygen atoms in total. The van der Waals surface area contributed by atoms with Crippen molar-refractivity contribution in [3.8, 4) is 11.5 Å². The molecule has 2 amide bonds. The molecule has 3 aliphatic rings. The van der Waals surface area contributed by atoms with Gasteiger partial charge in [-0.3, -0.25) is 9.59 Å². The second-order valence-corrected chi connectivity index (χ2v) is 8.66. The Bertz CT molecular complexity index is 1010. The Morgan fingerprint density at radius 1 is 1.06 bits per heavy atom. The van der Waals surface area contributed by atoms with Crippen molar-refractivity contribution in [1.82, 2.24) is 10.2 Å². The highest BCUT2D eigenvalue weighted by molar-refractivity contribution is 6.09. The Labute approximate surface area is 182 Å². The summed E-state index contributed by atoms with van der Waals surface area (Å²) in [7, 11) is 0. The lowest BCUT2D eigenvalue weighted by atomic mass is 9.94. The van der Waals surface area contributed by atoms with E-state index in [9.17, 15) is 9.59 Å². The van der Waals surface area contributed by atoms with E-state index in [4.69, 9.17) is 9.47 Å². The SMILES string of the molecule is C[C@@H](NC(=O)c1cccc2c1C(=O)N(C1CCCCC1)C2)c1ccc2c(c1)OCCO2. The van der Waals surface area contributed by atoms with Crippen molar-refractivity contribution in [2.24, 2.45) is 0 Å². The van der Waals surface area contributed by atoms with Crippen LogP contribution in [0.4, 0.5) is 0 Å². The van der Waals surface area contributed by atoms with Crippen LogP contribution < -0.4 is 14.8 Å². The van der Waals surface area contributed by atoms with Crippen LogP contribution >= 0.6 is 0 Å². The molecule has 2 aromatic rings. The van der Waals surface area contributed by atoms with Gasteiger partial charge in [-0.05, 0) is 49.1 Å². The zero-order valence-electron chi connectivity index (χ0n) is 17.9. The predicted octanol–water partition coefficient (Wildman–Crippen LogP) is 4.24. The van der Waals surface area contributed by atoms with E-state index in [0.717, 1.165) is 29.7 Å². The third-order valence-electron chi connectivity index (χ3n) is 6.64. The number of nitrogens with zero attached hydrogens (tertiary/aromatic N) is 1. The third-order valence-corrected chi connectivity index (χ3v) is 6.64. The molecule has 2 heterocycles. The van der Waals surface area contributed by atoms with Crippen LogP contribution in [0.15, 0.2) is 36.4 Å². The van der Waals surface area contributed by atoms with Crippen LogP contribution in [0.5, 0.6) is 11.5 Å². The lowest BCUT2D eigenvalue weighted by molar-refractivity contribution is 0.0656. The second kappa shape index (κ2) is 8.25. The third kappa shape index (κ3) is 3.75. The summed E-state index contributed by atoms with van der Waals surface area (Å²) in [5, 5.41) is 3.06. The van der Waals surface area contributed by atoms with E-state index in [2.05, 4.69) is 5.32 Å². The molecule has 2 aromatic carbocycles. The summed E-state index contributed by atoms with van der Waals surface area (Å²) >= 11 is 0. The standard InChI is InChI=1S/C25H28N2O4/c1-16(17-10-11-21-22(14-17)31-13-12-30-21)26-24(28)20-9-5-6-18-15-27(25(29)23(18)20)19-7-3-2-4-8-19/h5-6,9-11,14,16,19H,2-4,7-8,12-13,15H2,1H3,(H,26,28)/t16-/m1/s1. The van der Waals surface area contributed by atoms with Crippen molar-refractivity contribution < 1.29 is 19.1 Å². The van der Waals surface area contributed by atoms with Crippen molar-refractivity contribution in [3.63, 3.8) is 0 Å². The number of carbonyl (C=O) groups is 2. The number of amides is 2. The minimum atomic E-state index is -0.231. The molecule has 2 aliphatic heterocycles. The molecule has 0 saturated heterocycles. The highest BCUT2D eigenvalue weighted by atomic mass is 16.6. The number of rotatable bonds is 4. The van der Waals surface area contributed by atoms with Gasteiger partial charge in [0.1, 0.15) is 13.2 Å². The smallest absolute Gasteiger partial charge is 0.255 e. The van der Waals surface area contributed by atoms with Gasteiger partial charge >= 0.3 is 0 Å². The molecular formula is C25H28N2O4. The number of nitrogens with one attached hydrogen (secondary N) is 1. The zero-order chi connectivity index (χ0) is 21.4. The fourth-order valence-corrected chi connectivity index (χ4v) is 4.95. The Kier molecular flexibility index (Phi) is 5.30. The van der Waals surface area contributed by atoms with Crippen LogP contribution in [0.2, 0.25) is 0 Å². The first kappa shape index (κ1) is 19.9. The molecule has 0 spiro atoms. The molecule has 0 unspecified atom stereocenters. The average Bonchev–Trinajstić information content (AvgIpc) is 3.16. The quantitative estimate of drug-likeness (QED) is 0.804. The zero-order valence-corrected chi connectivity index (χ0v) is 17.9. The summed E-state index contributed by atoms with van der Waals surface area (Å²) in [5.41, 5.74) is 2.92. The molecular weight excluding hydrogens is 392 g/mol. The number of carbonyl (C=O) groups excluding carboxylic acids is 2. The van der Waals surface area contributed by atoms with E-state index in [-0.39, 0.29) is 17.9 Å². The van der Waals surface area contributed by atoms with Gasteiger partial charge in [-0.15, -0.1) is 0 Å². The molecule has 1 N–H and O–H groups in total. The number of fused-ring (bicyclic) bond motifs is 2. The average molecular weight is 421 g/mol. The summed E-state index contributed by atoms with van der Waals surface area (Å²) < 4.78 is 11.2. The van der Waals surface area contributed by atoms with Crippen LogP contribution in [0, 0.1) is 0 Å². The van der Waals surface area contributed by atoms with E-state index >= 15 is 0 Å². The van der Waals surface area contributed by atoms with E-state index < -0.39 is 0 Å². The molecule has 6 heteroatoms. The maximum atomic E-state index is 13.3. The molecule has 162 valence electrons. The van der Waals surface area contributed by atoms with Crippen LogP contribution in [-0.2, 0) is 6.54 Å². The number of hydrogen-bond acceptors (Lipinski definition) is 4. The van der Waals surface area contributed by atoms with Crippen molar-refractivity contribution in [2.45, 2.75) is 57.7 Å². The minimum absolute atomic E-state index is 0.000340. The fraction of sp³-hybridized carbons (Fsp3) is 0.440. The van der Waals surface area contributed by atoms with E-state index in [1.165, 1.54) is 19.3 Å². The summed E-state index contributed by atoms with van der Waals surface area (Å²) in [6.45, 7) is 3.61. The number of hydrogen-bond donors (Lipinski definition) is 1. The molecule has 0 radical (unpaired) electrons. The van der Waals surface area contributed by atoms with Gasteiger partial charge < -0.3 is 19.7 Å². The summed E-state index contributed by atoms with van der Waals surface area (Å²) in [4.78, 5) is 28.4. The molecule has 1 fully saturated rings. The first-order chi connectivity index (χ1) is 15.1. The topological polar surface area (TPSA) is 67.9 Å². The van der Waals surface area contributed by atoms with Gasteiger partial charge in [0.15, 0.2) is 11.5 Å². The highest BCUT2D eigenvalue weighted by Gasteiger charge is 2.36. The lowest BCUT2D eigenvalue weighted by Gasteiger charge is -2.31. The van der Waals surface area contributed by atoms with Gasteiger partial charge in [-0.25, -0.2) is 0 Å². The fourth-order valence-electron chi connectivity index (χ4n) is 4.95. The van der Waals surface area contributed by atoms with Crippen LogP contribution in [0.3, 0.4) is 0 Å². The summed E-state index contributed by atoms with van der Waals surface area (Å²) in [5.74, 6) is 1.20. The second-order valence-electron chi connectivity index (χ2n) is 8.66. The van der Waals surface area contributed by atoms with Crippen LogP contribution in [-0.4, -0.2) is 36.0 Å². The van der Waals surface area contributed by atoms with E-state index in [1.54, 1.807) is 6.07 Å². The molecule has 31 heavy (non-hydrogen) atoms. The molecule has 0 aromatic heterocycles. The first-order valence-electron chi connectivity index (χ1n) is 11.2. The van der Waals surface area contributed by atoms with Gasteiger partial charge in [0.25, 0.3) is 11.8 Å². The molecule has 5 rings (SSSR count). The van der Waals surface area contributed by atoms with Crippen molar-refractivity contribution in [1.29, 1.82) is 0 Å². The van der Waals surface area contributed by atoms with Crippen LogP contribution in [0.25, 0.3) is 0 Å². The van der Waals surface area contributed by atoms with E-state index in [1.807, 2.05) is 42.2 Å².